The molecule has 1 heterocycles. The van der Waals surface area contributed by atoms with Crippen molar-refractivity contribution in [2.24, 2.45) is 0 Å². The lowest BCUT2D eigenvalue weighted by Gasteiger charge is -2.23. The van der Waals surface area contributed by atoms with E-state index in [0.29, 0.717) is 28.5 Å². The standard InChI is InChI=1S/C23H22F3NO5/c1-13-5-10-17(11-18(13)32-22(3,4)21(28)29)30-12-19-14(2)27-20(31-19)15-6-8-16(9-7-15)23(24,25)26/h5-11H,12H2,1-4H3,(H,28,29). The van der Waals surface area contributed by atoms with Crippen LogP contribution in [0, 0.1) is 13.8 Å². The minimum Gasteiger partial charge on any atom is -0.485 e. The van der Waals surface area contributed by atoms with Gasteiger partial charge in [0, 0.05) is 11.6 Å². The molecule has 0 atom stereocenters. The van der Waals surface area contributed by atoms with Crippen molar-refractivity contribution in [2.45, 2.75) is 46.1 Å². The van der Waals surface area contributed by atoms with Crippen molar-refractivity contribution in [3.63, 3.8) is 0 Å². The molecule has 0 saturated heterocycles. The molecule has 0 aliphatic heterocycles. The lowest BCUT2D eigenvalue weighted by molar-refractivity contribution is -0.152. The van der Waals surface area contributed by atoms with Gasteiger partial charge in [0.25, 0.3) is 0 Å². The van der Waals surface area contributed by atoms with E-state index in [1.165, 1.54) is 26.0 Å². The molecule has 1 aromatic heterocycles. The Balaban J connectivity index is 1.74. The van der Waals surface area contributed by atoms with Crippen LogP contribution in [-0.4, -0.2) is 21.7 Å². The smallest absolute Gasteiger partial charge is 0.416 e. The topological polar surface area (TPSA) is 81.8 Å². The molecular weight excluding hydrogens is 427 g/mol. The molecule has 0 aliphatic carbocycles. The minimum absolute atomic E-state index is 0.0181. The Bertz CT molecular complexity index is 1120. The number of carboxylic acids is 1. The third-order valence-electron chi connectivity index (χ3n) is 4.76. The Morgan fingerprint density at radius 1 is 1.09 bits per heavy atom. The first kappa shape index (κ1) is 23.2. The third kappa shape index (κ3) is 5.22. The fraction of sp³-hybridized carbons (Fsp3) is 0.304. The van der Waals surface area contributed by atoms with E-state index in [1.54, 1.807) is 32.0 Å². The van der Waals surface area contributed by atoms with Gasteiger partial charge in [0.1, 0.15) is 18.1 Å². The first-order valence-electron chi connectivity index (χ1n) is 9.66. The summed E-state index contributed by atoms with van der Waals surface area (Å²) >= 11 is 0. The SMILES string of the molecule is Cc1ccc(OCc2oc(-c3ccc(C(F)(F)F)cc3)nc2C)cc1OC(C)(C)C(=O)O. The van der Waals surface area contributed by atoms with Crippen LogP contribution in [0.5, 0.6) is 11.5 Å². The summed E-state index contributed by atoms with van der Waals surface area (Å²) in [6, 6.07) is 9.57. The number of oxazole rings is 1. The van der Waals surface area contributed by atoms with Crippen LogP contribution < -0.4 is 9.47 Å². The van der Waals surface area contributed by atoms with Crippen molar-refractivity contribution in [3.8, 4) is 23.0 Å². The first-order chi connectivity index (χ1) is 14.9. The molecule has 6 nitrogen and oxygen atoms in total. The van der Waals surface area contributed by atoms with Crippen LogP contribution in [0.3, 0.4) is 0 Å². The number of carbonyl (C=O) groups is 1. The van der Waals surface area contributed by atoms with Crippen LogP contribution in [0.25, 0.3) is 11.5 Å². The number of alkyl halides is 3. The molecule has 0 radical (unpaired) electrons. The summed E-state index contributed by atoms with van der Waals surface area (Å²) in [5, 5.41) is 9.27. The van der Waals surface area contributed by atoms with Crippen molar-refractivity contribution in [1.29, 1.82) is 0 Å². The van der Waals surface area contributed by atoms with Crippen molar-refractivity contribution in [2.75, 3.05) is 0 Å². The van der Waals surface area contributed by atoms with E-state index in [2.05, 4.69) is 4.98 Å². The molecule has 2 aromatic carbocycles. The summed E-state index contributed by atoms with van der Waals surface area (Å²) in [4.78, 5) is 15.6. The Kier molecular flexibility index (Phi) is 6.20. The number of aryl methyl sites for hydroxylation is 2. The summed E-state index contributed by atoms with van der Waals surface area (Å²) in [5.74, 6) is 0.296. The molecular formula is C23H22F3NO5. The number of aromatic nitrogens is 1. The first-order valence-corrected chi connectivity index (χ1v) is 9.66. The molecule has 170 valence electrons. The molecule has 0 fully saturated rings. The second-order valence-corrected chi connectivity index (χ2v) is 7.74. The molecule has 0 unspecified atom stereocenters. The number of aliphatic carboxylic acids is 1. The molecule has 0 bridgehead atoms. The lowest BCUT2D eigenvalue weighted by atomic mass is 10.1. The van der Waals surface area contributed by atoms with E-state index in [1.807, 2.05) is 0 Å². The molecule has 0 amide bonds. The zero-order valence-corrected chi connectivity index (χ0v) is 17.9. The van der Waals surface area contributed by atoms with Crippen molar-refractivity contribution >= 4 is 5.97 Å². The van der Waals surface area contributed by atoms with Crippen LogP contribution in [0.15, 0.2) is 46.9 Å². The molecule has 0 spiro atoms. The van der Waals surface area contributed by atoms with Gasteiger partial charge in [-0.15, -0.1) is 0 Å². The van der Waals surface area contributed by atoms with Crippen molar-refractivity contribution < 1.29 is 37.0 Å². The lowest BCUT2D eigenvalue weighted by Crippen LogP contribution is -2.38. The van der Waals surface area contributed by atoms with Crippen LogP contribution >= 0.6 is 0 Å². The number of hydrogen-bond acceptors (Lipinski definition) is 5. The molecule has 0 aliphatic rings. The van der Waals surface area contributed by atoms with Gasteiger partial charge in [-0.2, -0.15) is 13.2 Å². The van der Waals surface area contributed by atoms with Gasteiger partial charge < -0.3 is 19.0 Å². The van der Waals surface area contributed by atoms with Crippen molar-refractivity contribution in [1.82, 2.24) is 4.98 Å². The highest BCUT2D eigenvalue weighted by Gasteiger charge is 2.31. The number of benzene rings is 2. The summed E-state index contributed by atoms with van der Waals surface area (Å²) in [5.41, 5.74) is -0.477. The molecule has 0 saturated carbocycles. The second-order valence-electron chi connectivity index (χ2n) is 7.74. The molecule has 3 aromatic rings. The highest BCUT2D eigenvalue weighted by molar-refractivity contribution is 5.76. The number of carboxylic acid groups (broad SMARTS) is 1. The maximum absolute atomic E-state index is 12.7. The third-order valence-corrected chi connectivity index (χ3v) is 4.76. The zero-order chi connectivity index (χ0) is 23.7. The number of halogens is 3. The maximum Gasteiger partial charge on any atom is 0.416 e. The summed E-state index contributed by atoms with van der Waals surface area (Å²) in [6.45, 7) is 6.40. The van der Waals surface area contributed by atoms with Gasteiger partial charge in [-0.3, -0.25) is 0 Å². The van der Waals surface area contributed by atoms with E-state index in [4.69, 9.17) is 13.9 Å². The van der Waals surface area contributed by atoms with Crippen LogP contribution in [0.2, 0.25) is 0 Å². The Labute approximate surface area is 182 Å². The molecule has 32 heavy (non-hydrogen) atoms. The van der Waals surface area contributed by atoms with Crippen LogP contribution in [0.4, 0.5) is 13.2 Å². The summed E-state index contributed by atoms with van der Waals surface area (Å²) in [7, 11) is 0. The average Bonchev–Trinajstić information content (AvgIpc) is 3.08. The van der Waals surface area contributed by atoms with Crippen LogP contribution in [0.1, 0.15) is 36.4 Å². The number of ether oxygens (including phenoxy) is 2. The Morgan fingerprint density at radius 3 is 2.34 bits per heavy atom. The van der Waals surface area contributed by atoms with Gasteiger partial charge in [0.15, 0.2) is 11.4 Å². The van der Waals surface area contributed by atoms with E-state index in [0.717, 1.165) is 17.7 Å². The monoisotopic (exact) mass is 449 g/mol. The average molecular weight is 449 g/mol. The second kappa shape index (κ2) is 8.57. The number of rotatable bonds is 7. The van der Waals surface area contributed by atoms with Gasteiger partial charge in [-0.25, -0.2) is 9.78 Å². The van der Waals surface area contributed by atoms with E-state index in [-0.39, 0.29) is 12.5 Å². The van der Waals surface area contributed by atoms with Gasteiger partial charge in [-0.05, 0) is 63.6 Å². The minimum atomic E-state index is -4.42. The Hall–Kier alpha value is -3.49. The predicted octanol–water partition coefficient (Wildman–Crippen LogP) is 5.80. The van der Waals surface area contributed by atoms with Gasteiger partial charge in [0.05, 0.1) is 11.3 Å². The molecule has 1 N–H and O–H groups in total. The van der Waals surface area contributed by atoms with Gasteiger partial charge in [0.2, 0.25) is 5.89 Å². The van der Waals surface area contributed by atoms with Crippen LogP contribution in [-0.2, 0) is 17.6 Å². The summed E-state index contributed by atoms with van der Waals surface area (Å²) in [6.07, 6.45) is -4.42. The highest BCUT2D eigenvalue weighted by atomic mass is 19.4. The van der Waals surface area contributed by atoms with Crippen molar-refractivity contribution in [3.05, 3.63) is 65.0 Å². The molecule has 9 heteroatoms. The molecule has 3 rings (SSSR count). The van der Waals surface area contributed by atoms with E-state index < -0.39 is 23.3 Å². The van der Waals surface area contributed by atoms with E-state index >= 15 is 0 Å². The largest absolute Gasteiger partial charge is 0.485 e. The maximum atomic E-state index is 12.7. The summed E-state index contributed by atoms with van der Waals surface area (Å²) < 4.78 is 55.3. The quantitative estimate of drug-likeness (QED) is 0.491. The van der Waals surface area contributed by atoms with Gasteiger partial charge in [-0.1, -0.05) is 6.07 Å². The highest BCUT2D eigenvalue weighted by Crippen LogP contribution is 2.32. The normalized spacial score (nSPS) is 12.0. The predicted molar refractivity (Wildman–Crippen MR) is 110 cm³/mol. The number of nitrogens with zero attached hydrogens (tertiary/aromatic N) is 1. The Morgan fingerprint density at radius 2 is 1.75 bits per heavy atom. The fourth-order valence-electron chi connectivity index (χ4n) is 2.73. The number of hydrogen-bond donors (Lipinski definition) is 1. The zero-order valence-electron chi connectivity index (χ0n) is 17.9. The van der Waals surface area contributed by atoms with E-state index in [9.17, 15) is 23.1 Å². The fourth-order valence-corrected chi connectivity index (χ4v) is 2.73. The van der Waals surface area contributed by atoms with Gasteiger partial charge >= 0.3 is 12.1 Å².